The van der Waals surface area contributed by atoms with Crippen molar-refractivity contribution in [1.82, 2.24) is 0 Å². The average molecular weight is 193 g/mol. The van der Waals surface area contributed by atoms with Crippen LogP contribution in [0.1, 0.15) is 43.4 Å². The number of nitrogens with two attached hydrogens (primary N) is 1. The zero-order valence-electron chi connectivity index (χ0n) is 8.74. The van der Waals surface area contributed by atoms with E-state index >= 15 is 0 Å². The molecule has 0 bridgehead atoms. The number of aliphatic hydroxyl groups excluding tert-OH is 1. The Hall–Kier alpha value is -0.860. The van der Waals surface area contributed by atoms with Crippen molar-refractivity contribution < 1.29 is 5.11 Å². The van der Waals surface area contributed by atoms with Crippen LogP contribution < -0.4 is 5.73 Å². The first-order chi connectivity index (χ1) is 6.79. The van der Waals surface area contributed by atoms with Crippen LogP contribution in [0, 0.1) is 0 Å². The highest BCUT2D eigenvalue weighted by atomic mass is 16.3. The van der Waals surface area contributed by atoms with Gasteiger partial charge in [-0.25, -0.2) is 0 Å². The molecule has 2 heteroatoms. The third-order valence-corrected chi connectivity index (χ3v) is 2.49. The molecule has 0 aliphatic heterocycles. The first-order valence-corrected chi connectivity index (χ1v) is 5.23. The average Bonchev–Trinajstić information content (AvgIpc) is 2.25. The Balaban J connectivity index is 2.72. The quantitative estimate of drug-likeness (QED) is 0.754. The van der Waals surface area contributed by atoms with E-state index in [4.69, 9.17) is 10.8 Å². The van der Waals surface area contributed by atoms with Gasteiger partial charge in [0.25, 0.3) is 0 Å². The summed E-state index contributed by atoms with van der Waals surface area (Å²) in [5.74, 6) is 0. The molecule has 0 spiro atoms. The van der Waals surface area contributed by atoms with E-state index in [2.05, 4.69) is 6.92 Å². The van der Waals surface area contributed by atoms with Gasteiger partial charge in [-0.2, -0.15) is 0 Å². The molecule has 0 heterocycles. The van der Waals surface area contributed by atoms with Crippen LogP contribution in [0.3, 0.4) is 0 Å². The highest BCUT2D eigenvalue weighted by Crippen LogP contribution is 2.20. The fraction of sp³-hybridized carbons (Fsp3) is 0.500. The minimum Gasteiger partial charge on any atom is -0.392 e. The summed E-state index contributed by atoms with van der Waals surface area (Å²) < 4.78 is 0. The minimum atomic E-state index is 0.0679. The minimum absolute atomic E-state index is 0.0679. The van der Waals surface area contributed by atoms with Crippen LogP contribution in [0.15, 0.2) is 24.3 Å². The van der Waals surface area contributed by atoms with Gasteiger partial charge < -0.3 is 10.8 Å². The number of unbranched alkanes of at least 4 members (excludes halogenated alkanes) is 1. The summed E-state index contributed by atoms with van der Waals surface area (Å²) >= 11 is 0. The third kappa shape index (κ3) is 2.82. The molecule has 1 aromatic rings. The van der Waals surface area contributed by atoms with E-state index in [1.165, 1.54) is 0 Å². The molecule has 0 aliphatic rings. The fourth-order valence-corrected chi connectivity index (χ4v) is 1.62. The Morgan fingerprint density at radius 1 is 1.36 bits per heavy atom. The zero-order chi connectivity index (χ0) is 10.4. The highest BCUT2D eigenvalue weighted by molar-refractivity contribution is 5.29. The van der Waals surface area contributed by atoms with Gasteiger partial charge in [0.05, 0.1) is 6.61 Å². The van der Waals surface area contributed by atoms with Gasteiger partial charge in [0.2, 0.25) is 0 Å². The molecule has 0 aromatic heterocycles. The lowest BCUT2D eigenvalue weighted by Gasteiger charge is -2.14. The van der Waals surface area contributed by atoms with Crippen LogP contribution in [0.25, 0.3) is 0 Å². The summed E-state index contributed by atoms with van der Waals surface area (Å²) in [6.45, 7) is 2.24. The maximum atomic E-state index is 9.14. The number of hydrogen-bond donors (Lipinski definition) is 2. The lowest BCUT2D eigenvalue weighted by Crippen LogP contribution is -2.12. The van der Waals surface area contributed by atoms with Crippen molar-refractivity contribution in [3.05, 3.63) is 35.4 Å². The van der Waals surface area contributed by atoms with E-state index in [1.807, 2.05) is 24.3 Å². The second-order valence-electron chi connectivity index (χ2n) is 3.61. The highest BCUT2D eigenvalue weighted by Gasteiger charge is 2.08. The van der Waals surface area contributed by atoms with Crippen molar-refractivity contribution in [2.45, 2.75) is 38.8 Å². The van der Waals surface area contributed by atoms with E-state index in [0.717, 1.165) is 30.4 Å². The predicted octanol–water partition coefficient (Wildman–Crippen LogP) is 2.37. The number of aliphatic hydroxyl groups is 1. The smallest absolute Gasteiger partial charge is 0.0685 e. The van der Waals surface area contributed by atoms with E-state index in [9.17, 15) is 0 Å². The van der Waals surface area contributed by atoms with Crippen LogP contribution in [0.4, 0.5) is 0 Å². The standard InChI is InChI=1S/C12H19NO/c1-2-3-8-12(13)11-7-5-4-6-10(11)9-14/h4-7,12,14H,2-3,8-9,13H2,1H3. The lowest BCUT2D eigenvalue weighted by atomic mass is 9.97. The SMILES string of the molecule is CCCCC(N)c1ccccc1CO. The van der Waals surface area contributed by atoms with Crippen LogP contribution in [-0.4, -0.2) is 5.11 Å². The molecule has 78 valence electrons. The monoisotopic (exact) mass is 193 g/mol. The fourth-order valence-electron chi connectivity index (χ4n) is 1.62. The predicted molar refractivity (Wildman–Crippen MR) is 58.8 cm³/mol. The Morgan fingerprint density at radius 2 is 2.07 bits per heavy atom. The van der Waals surface area contributed by atoms with Crippen molar-refractivity contribution in [3.63, 3.8) is 0 Å². The van der Waals surface area contributed by atoms with Crippen LogP contribution in [0.5, 0.6) is 0 Å². The summed E-state index contributed by atoms with van der Waals surface area (Å²) in [5, 5.41) is 9.14. The van der Waals surface area contributed by atoms with Gasteiger partial charge in [0, 0.05) is 6.04 Å². The summed E-state index contributed by atoms with van der Waals surface area (Å²) in [4.78, 5) is 0. The second kappa shape index (κ2) is 5.78. The first kappa shape index (κ1) is 11.2. The Bertz CT molecular complexity index is 273. The topological polar surface area (TPSA) is 46.2 Å². The van der Waals surface area contributed by atoms with Gasteiger partial charge in [-0.05, 0) is 17.5 Å². The van der Waals surface area contributed by atoms with Crippen molar-refractivity contribution >= 4 is 0 Å². The largest absolute Gasteiger partial charge is 0.392 e. The molecule has 0 saturated carbocycles. The Kier molecular flexibility index (Phi) is 4.63. The molecule has 0 amide bonds. The van der Waals surface area contributed by atoms with E-state index < -0.39 is 0 Å². The van der Waals surface area contributed by atoms with Crippen molar-refractivity contribution in [3.8, 4) is 0 Å². The molecule has 2 nitrogen and oxygen atoms in total. The molecule has 0 fully saturated rings. The second-order valence-corrected chi connectivity index (χ2v) is 3.61. The maximum Gasteiger partial charge on any atom is 0.0685 e. The van der Waals surface area contributed by atoms with Gasteiger partial charge >= 0.3 is 0 Å². The Labute approximate surface area is 85.8 Å². The third-order valence-electron chi connectivity index (χ3n) is 2.49. The molecule has 1 aromatic carbocycles. The van der Waals surface area contributed by atoms with Crippen molar-refractivity contribution in [2.75, 3.05) is 0 Å². The molecular weight excluding hydrogens is 174 g/mol. The molecular formula is C12H19NO. The van der Waals surface area contributed by atoms with Crippen LogP contribution in [-0.2, 0) is 6.61 Å². The molecule has 14 heavy (non-hydrogen) atoms. The van der Waals surface area contributed by atoms with E-state index in [0.29, 0.717) is 0 Å². The summed E-state index contributed by atoms with van der Waals surface area (Å²) in [5.41, 5.74) is 8.09. The van der Waals surface area contributed by atoms with E-state index in [1.54, 1.807) is 0 Å². The Morgan fingerprint density at radius 3 is 2.71 bits per heavy atom. The number of rotatable bonds is 5. The summed E-state index contributed by atoms with van der Waals surface area (Å²) in [6, 6.07) is 7.91. The molecule has 0 radical (unpaired) electrons. The molecule has 0 saturated heterocycles. The van der Waals surface area contributed by atoms with Gasteiger partial charge in [-0.15, -0.1) is 0 Å². The number of benzene rings is 1. The summed E-state index contributed by atoms with van der Waals surface area (Å²) in [7, 11) is 0. The van der Waals surface area contributed by atoms with Crippen LogP contribution >= 0.6 is 0 Å². The molecule has 1 atom stereocenters. The molecule has 3 N–H and O–H groups in total. The normalized spacial score (nSPS) is 12.8. The first-order valence-electron chi connectivity index (χ1n) is 5.23. The van der Waals surface area contributed by atoms with E-state index in [-0.39, 0.29) is 12.6 Å². The molecule has 0 aliphatic carbocycles. The van der Waals surface area contributed by atoms with Gasteiger partial charge in [0.15, 0.2) is 0 Å². The van der Waals surface area contributed by atoms with Gasteiger partial charge in [0.1, 0.15) is 0 Å². The van der Waals surface area contributed by atoms with Crippen LogP contribution in [0.2, 0.25) is 0 Å². The molecule has 1 rings (SSSR count). The van der Waals surface area contributed by atoms with Gasteiger partial charge in [-0.3, -0.25) is 0 Å². The zero-order valence-corrected chi connectivity index (χ0v) is 8.74. The molecule has 1 unspecified atom stereocenters. The maximum absolute atomic E-state index is 9.14. The lowest BCUT2D eigenvalue weighted by molar-refractivity contribution is 0.279. The van der Waals surface area contributed by atoms with Gasteiger partial charge in [-0.1, -0.05) is 44.0 Å². The summed E-state index contributed by atoms with van der Waals surface area (Å²) in [6.07, 6.45) is 3.30. The van der Waals surface area contributed by atoms with Crippen molar-refractivity contribution in [2.24, 2.45) is 5.73 Å². The van der Waals surface area contributed by atoms with Crippen molar-refractivity contribution in [1.29, 1.82) is 0 Å². The number of hydrogen-bond acceptors (Lipinski definition) is 2.